The second-order valence-electron chi connectivity index (χ2n) is 1.92. The number of hydrogen-bond acceptors (Lipinski definition) is 3. The van der Waals surface area contributed by atoms with Crippen molar-refractivity contribution in [2.24, 2.45) is 0 Å². The van der Waals surface area contributed by atoms with Crippen LogP contribution in [0.5, 0.6) is 0 Å². The fraction of sp³-hybridized carbons (Fsp3) is 0.333. The minimum absolute atomic E-state index is 0.438. The first-order valence-corrected chi connectivity index (χ1v) is 3.32. The number of halogens is 1. The Morgan fingerprint density at radius 2 is 2.50 bits per heavy atom. The summed E-state index contributed by atoms with van der Waals surface area (Å²) >= 11 is 5.58. The molecule has 4 heteroatoms. The Morgan fingerprint density at radius 3 is 3.10 bits per heavy atom. The molecule has 54 valence electrons. The van der Waals surface area contributed by atoms with E-state index in [9.17, 15) is 0 Å². The van der Waals surface area contributed by atoms with E-state index in [0.717, 1.165) is 12.1 Å². The van der Waals surface area contributed by atoms with Gasteiger partial charge >= 0.3 is 0 Å². The third kappa shape index (κ3) is 1.93. The molecular formula is C6H8ClN3. The van der Waals surface area contributed by atoms with Crippen LogP contribution in [0.2, 0.25) is 5.15 Å². The summed E-state index contributed by atoms with van der Waals surface area (Å²) in [6.45, 7) is 0.773. The van der Waals surface area contributed by atoms with Crippen molar-refractivity contribution in [1.29, 1.82) is 0 Å². The minimum atomic E-state index is 0.438. The monoisotopic (exact) mass is 157 g/mol. The Morgan fingerprint density at radius 1 is 1.70 bits per heavy atom. The van der Waals surface area contributed by atoms with Crippen molar-refractivity contribution in [2.75, 3.05) is 7.05 Å². The molecule has 0 bridgehead atoms. The predicted molar refractivity (Wildman–Crippen MR) is 39.8 cm³/mol. The van der Waals surface area contributed by atoms with E-state index in [0.29, 0.717) is 5.15 Å². The van der Waals surface area contributed by atoms with Gasteiger partial charge in [0.1, 0.15) is 0 Å². The largest absolute Gasteiger partial charge is 0.316 e. The van der Waals surface area contributed by atoms with Crippen molar-refractivity contribution in [3.63, 3.8) is 0 Å². The fourth-order valence-electron chi connectivity index (χ4n) is 0.678. The molecule has 1 heterocycles. The lowest BCUT2D eigenvalue weighted by atomic mass is 10.3. The summed E-state index contributed by atoms with van der Waals surface area (Å²) in [4.78, 5) is 0. The van der Waals surface area contributed by atoms with E-state index in [1.807, 2.05) is 7.05 Å². The molecule has 1 rings (SSSR count). The third-order valence-corrected chi connectivity index (χ3v) is 1.25. The zero-order valence-electron chi connectivity index (χ0n) is 5.63. The Balaban J connectivity index is 2.75. The molecule has 0 saturated carbocycles. The van der Waals surface area contributed by atoms with Crippen LogP contribution in [0.1, 0.15) is 5.56 Å². The average Bonchev–Trinajstić information content (AvgIpc) is 1.88. The van der Waals surface area contributed by atoms with E-state index >= 15 is 0 Å². The Labute approximate surface area is 64.4 Å². The molecular weight excluding hydrogens is 150 g/mol. The molecule has 0 saturated heterocycles. The van der Waals surface area contributed by atoms with Crippen LogP contribution in [0.25, 0.3) is 0 Å². The Bertz CT molecular complexity index is 214. The van der Waals surface area contributed by atoms with Crippen molar-refractivity contribution >= 4 is 11.6 Å². The van der Waals surface area contributed by atoms with Crippen LogP contribution in [0, 0.1) is 0 Å². The molecule has 0 aliphatic carbocycles. The van der Waals surface area contributed by atoms with Crippen LogP contribution in [0.3, 0.4) is 0 Å². The summed E-state index contributed by atoms with van der Waals surface area (Å²) < 4.78 is 0. The quantitative estimate of drug-likeness (QED) is 0.692. The first-order valence-electron chi connectivity index (χ1n) is 2.94. The topological polar surface area (TPSA) is 37.8 Å². The first kappa shape index (κ1) is 7.44. The molecule has 10 heavy (non-hydrogen) atoms. The van der Waals surface area contributed by atoms with Gasteiger partial charge in [0.2, 0.25) is 0 Å². The average molecular weight is 158 g/mol. The van der Waals surface area contributed by atoms with Crippen molar-refractivity contribution < 1.29 is 0 Å². The van der Waals surface area contributed by atoms with Gasteiger partial charge in [-0.25, -0.2) is 0 Å². The molecule has 1 aromatic heterocycles. The van der Waals surface area contributed by atoms with Crippen LogP contribution in [0.15, 0.2) is 12.3 Å². The molecule has 1 N–H and O–H groups in total. The van der Waals surface area contributed by atoms with E-state index in [1.165, 1.54) is 0 Å². The van der Waals surface area contributed by atoms with E-state index in [2.05, 4.69) is 15.5 Å². The standard InChI is InChI=1S/C6H8ClN3/c1-8-3-5-2-6(7)10-9-4-5/h2,4,8H,3H2,1H3. The fourth-order valence-corrected chi connectivity index (χ4v) is 0.862. The molecule has 3 nitrogen and oxygen atoms in total. The zero-order valence-corrected chi connectivity index (χ0v) is 6.39. The number of aromatic nitrogens is 2. The molecule has 0 radical (unpaired) electrons. The predicted octanol–water partition coefficient (Wildman–Crippen LogP) is 0.849. The summed E-state index contributed by atoms with van der Waals surface area (Å²) in [5.41, 5.74) is 1.04. The lowest BCUT2D eigenvalue weighted by Crippen LogP contribution is -2.05. The van der Waals surface area contributed by atoms with Gasteiger partial charge in [-0.3, -0.25) is 0 Å². The number of nitrogens with zero attached hydrogens (tertiary/aromatic N) is 2. The maximum atomic E-state index is 5.58. The summed E-state index contributed by atoms with van der Waals surface area (Å²) in [5.74, 6) is 0. The van der Waals surface area contributed by atoms with Gasteiger partial charge in [0, 0.05) is 6.54 Å². The van der Waals surface area contributed by atoms with E-state index in [-0.39, 0.29) is 0 Å². The van der Waals surface area contributed by atoms with Crippen molar-refractivity contribution in [3.8, 4) is 0 Å². The van der Waals surface area contributed by atoms with Gasteiger partial charge in [-0.1, -0.05) is 11.6 Å². The Hall–Kier alpha value is -0.670. The van der Waals surface area contributed by atoms with Crippen molar-refractivity contribution in [3.05, 3.63) is 23.0 Å². The maximum Gasteiger partial charge on any atom is 0.152 e. The van der Waals surface area contributed by atoms with E-state index in [4.69, 9.17) is 11.6 Å². The molecule has 0 amide bonds. The first-order chi connectivity index (χ1) is 4.83. The molecule has 0 spiro atoms. The maximum absolute atomic E-state index is 5.58. The number of hydrogen-bond donors (Lipinski definition) is 1. The van der Waals surface area contributed by atoms with E-state index in [1.54, 1.807) is 12.3 Å². The summed E-state index contributed by atoms with van der Waals surface area (Å²) in [5, 5.41) is 10.7. The summed E-state index contributed by atoms with van der Waals surface area (Å²) in [6, 6.07) is 1.78. The molecule has 0 aromatic carbocycles. The smallest absolute Gasteiger partial charge is 0.152 e. The molecule has 0 aliphatic rings. The third-order valence-electron chi connectivity index (χ3n) is 1.06. The SMILES string of the molecule is CNCc1cnnc(Cl)c1. The van der Waals surface area contributed by atoms with Gasteiger partial charge in [-0.05, 0) is 18.7 Å². The second-order valence-corrected chi connectivity index (χ2v) is 2.30. The normalized spacial score (nSPS) is 9.80. The van der Waals surface area contributed by atoms with Gasteiger partial charge in [-0.2, -0.15) is 5.10 Å². The van der Waals surface area contributed by atoms with Crippen LogP contribution in [0.4, 0.5) is 0 Å². The van der Waals surface area contributed by atoms with Crippen LogP contribution >= 0.6 is 11.6 Å². The molecule has 0 atom stereocenters. The molecule has 0 aliphatic heterocycles. The highest BCUT2D eigenvalue weighted by Gasteiger charge is 1.92. The molecule has 1 aromatic rings. The van der Waals surface area contributed by atoms with Crippen molar-refractivity contribution in [1.82, 2.24) is 15.5 Å². The minimum Gasteiger partial charge on any atom is -0.316 e. The molecule has 0 unspecified atom stereocenters. The van der Waals surface area contributed by atoms with Gasteiger partial charge < -0.3 is 5.32 Å². The summed E-state index contributed by atoms with van der Waals surface area (Å²) in [7, 11) is 1.87. The highest BCUT2D eigenvalue weighted by molar-refractivity contribution is 6.29. The van der Waals surface area contributed by atoms with Crippen LogP contribution < -0.4 is 5.32 Å². The lowest BCUT2D eigenvalue weighted by Gasteiger charge is -1.96. The number of rotatable bonds is 2. The van der Waals surface area contributed by atoms with Gasteiger partial charge in [0.25, 0.3) is 0 Å². The van der Waals surface area contributed by atoms with Crippen LogP contribution in [-0.4, -0.2) is 17.2 Å². The van der Waals surface area contributed by atoms with E-state index < -0.39 is 0 Å². The van der Waals surface area contributed by atoms with Gasteiger partial charge in [-0.15, -0.1) is 5.10 Å². The highest BCUT2D eigenvalue weighted by atomic mass is 35.5. The molecule has 0 fully saturated rings. The number of nitrogens with one attached hydrogen (secondary N) is 1. The van der Waals surface area contributed by atoms with Crippen molar-refractivity contribution in [2.45, 2.75) is 6.54 Å². The summed E-state index contributed by atoms with van der Waals surface area (Å²) in [6.07, 6.45) is 1.68. The lowest BCUT2D eigenvalue weighted by molar-refractivity contribution is 0.805. The van der Waals surface area contributed by atoms with Crippen LogP contribution in [-0.2, 0) is 6.54 Å². The van der Waals surface area contributed by atoms with Gasteiger partial charge in [0.15, 0.2) is 5.15 Å². The highest BCUT2D eigenvalue weighted by Crippen LogP contribution is 2.03. The van der Waals surface area contributed by atoms with Gasteiger partial charge in [0.05, 0.1) is 6.20 Å². The second kappa shape index (κ2) is 3.49. The Kier molecular flexibility index (Phi) is 2.59. The zero-order chi connectivity index (χ0) is 7.40.